The molecule has 24 heavy (non-hydrogen) atoms. The summed E-state index contributed by atoms with van der Waals surface area (Å²) in [6.45, 7) is 3.24. The number of nitro benzene ring substituents is 1. The largest absolute Gasteiger partial charge is 0.479 e. The first kappa shape index (κ1) is 17.9. The smallest absolute Gasteiger partial charge is 0.347 e. The number of carbonyl (C=O) groups excluding carboxylic acids is 1. The molecule has 0 saturated heterocycles. The van der Waals surface area contributed by atoms with Gasteiger partial charge in [0.1, 0.15) is 11.9 Å². The molecular formula is C17H16BrNO5. The molecule has 0 spiro atoms. The van der Waals surface area contributed by atoms with Crippen LogP contribution in [0.15, 0.2) is 53.0 Å². The molecule has 0 saturated carbocycles. The second kappa shape index (κ2) is 7.92. The van der Waals surface area contributed by atoms with Gasteiger partial charge >= 0.3 is 5.97 Å². The summed E-state index contributed by atoms with van der Waals surface area (Å²) in [6, 6.07) is 13.1. The summed E-state index contributed by atoms with van der Waals surface area (Å²) in [6.07, 6.45) is -1.42. The molecule has 0 aliphatic rings. The molecule has 0 aromatic heterocycles. The highest BCUT2D eigenvalue weighted by atomic mass is 79.9. The van der Waals surface area contributed by atoms with Crippen molar-refractivity contribution in [1.82, 2.24) is 0 Å². The minimum absolute atomic E-state index is 0.0467. The highest BCUT2D eigenvalue weighted by molar-refractivity contribution is 9.10. The van der Waals surface area contributed by atoms with Crippen molar-refractivity contribution in [2.24, 2.45) is 0 Å². The molecular weight excluding hydrogens is 378 g/mol. The molecule has 7 heteroatoms. The second-order valence-electron chi connectivity index (χ2n) is 5.15. The number of hydrogen-bond donors (Lipinski definition) is 0. The van der Waals surface area contributed by atoms with Crippen molar-refractivity contribution in [3.8, 4) is 5.75 Å². The predicted molar refractivity (Wildman–Crippen MR) is 91.8 cm³/mol. The maximum absolute atomic E-state index is 12.1. The summed E-state index contributed by atoms with van der Waals surface area (Å²) in [4.78, 5) is 22.4. The fraction of sp³-hybridized carbons (Fsp3) is 0.235. The summed E-state index contributed by atoms with van der Waals surface area (Å²) in [5.74, 6) is 0.00239. The molecule has 2 atom stereocenters. The van der Waals surface area contributed by atoms with Crippen molar-refractivity contribution in [3.63, 3.8) is 0 Å². The number of nitrogens with zero attached hydrogens (tertiary/aromatic N) is 1. The molecule has 0 aliphatic carbocycles. The Hall–Kier alpha value is -2.41. The quantitative estimate of drug-likeness (QED) is 0.412. The molecule has 0 bridgehead atoms. The van der Waals surface area contributed by atoms with Gasteiger partial charge in [0.25, 0.3) is 5.69 Å². The molecule has 0 radical (unpaired) electrons. The lowest BCUT2D eigenvalue weighted by molar-refractivity contribution is -0.385. The average molecular weight is 394 g/mol. The third kappa shape index (κ3) is 4.79. The third-order valence-electron chi connectivity index (χ3n) is 3.30. The van der Waals surface area contributed by atoms with Crippen LogP contribution < -0.4 is 4.74 Å². The summed E-state index contributed by atoms with van der Waals surface area (Å²) in [5, 5.41) is 10.8. The van der Waals surface area contributed by atoms with E-state index in [4.69, 9.17) is 9.47 Å². The molecule has 0 N–H and O–H groups in total. The average Bonchev–Trinajstić information content (AvgIpc) is 2.56. The lowest BCUT2D eigenvalue weighted by Crippen LogP contribution is -2.27. The van der Waals surface area contributed by atoms with Gasteiger partial charge < -0.3 is 9.47 Å². The zero-order chi connectivity index (χ0) is 17.7. The number of benzene rings is 2. The van der Waals surface area contributed by atoms with Gasteiger partial charge in [0, 0.05) is 16.6 Å². The number of rotatable bonds is 6. The highest BCUT2D eigenvalue weighted by Crippen LogP contribution is 2.23. The fourth-order valence-corrected chi connectivity index (χ4v) is 2.26. The summed E-state index contributed by atoms with van der Waals surface area (Å²) >= 11 is 3.32. The monoisotopic (exact) mass is 393 g/mol. The summed E-state index contributed by atoms with van der Waals surface area (Å²) < 4.78 is 11.8. The fourth-order valence-electron chi connectivity index (χ4n) is 1.99. The molecule has 2 aromatic carbocycles. The van der Waals surface area contributed by atoms with Crippen LogP contribution in [-0.4, -0.2) is 17.0 Å². The lowest BCUT2D eigenvalue weighted by Gasteiger charge is -2.18. The van der Waals surface area contributed by atoms with Crippen LogP contribution in [0, 0.1) is 10.1 Å². The van der Waals surface area contributed by atoms with Crippen LogP contribution in [-0.2, 0) is 9.53 Å². The highest BCUT2D eigenvalue weighted by Gasteiger charge is 2.21. The Labute approximate surface area is 147 Å². The van der Waals surface area contributed by atoms with Crippen molar-refractivity contribution >= 4 is 27.6 Å². The van der Waals surface area contributed by atoms with Crippen molar-refractivity contribution in [3.05, 3.63) is 68.7 Å². The van der Waals surface area contributed by atoms with Gasteiger partial charge in [-0.05, 0) is 43.7 Å². The minimum atomic E-state index is -0.799. The Morgan fingerprint density at radius 2 is 1.83 bits per heavy atom. The Bertz CT molecular complexity index is 732. The molecule has 0 amide bonds. The van der Waals surface area contributed by atoms with Crippen molar-refractivity contribution in [1.29, 1.82) is 0 Å². The zero-order valence-corrected chi connectivity index (χ0v) is 14.7. The van der Waals surface area contributed by atoms with Gasteiger partial charge in [-0.3, -0.25) is 10.1 Å². The maximum atomic E-state index is 12.1. The number of carbonyl (C=O) groups is 1. The maximum Gasteiger partial charge on any atom is 0.347 e. The summed E-state index contributed by atoms with van der Waals surface area (Å²) in [7, 11) is 0. The van der Waals surface area contributed by atoms with E-state index in [0.29, 0.717) is 11.3 Å². The van der Waals surface area contributed by atoms with E-state index in [1.165, 1.54) is 12.1 Å². The Balaban J connectivity index is 1.98. The Morgan fingerprint density at radius 1 is 1.17 bits per heavy atom. The van der Waals surface area contributed by atoms with Crippen molar-refractivity contribution in [2.45, 2.75) is 26.1 Å². The van der Waals surface area contributed by atoms with E-state index < -0.39 is 23.1 Å². The van der Waals surface area contributed by atoms with Gasteiger partial charge in [-0.1, -0.05) is 28.1 Å². The number of ether oxygens (including phenoxy) is 2. The van der Waals surface area contributed by atoms with Crippen LogP contribution in [0.3, 0.4) is 0 Å². The molecule has 0 heterocycles. The normalized spacial score (nSPS) is 13.0. The van der Waals surface area contributed by atoms with E-state index in [-0.39, 0.29) is 5.69 Å². The minimum Gasteiger partial charge on any atom is -0.479 e. The number of nitro groups is 1. The van der Waals surface area contributed by atoms with Crippen LogP contribution >= 0.6 is 15.9 Å². The van der Waals surface area contributed by atoms with Gasteiger partial charge in [-0.25, -0.2) is 4.79 Å². The molecule has 0 unspecified atom stereocenters. The molecule has 0 fully saturated rings. The summed E-state index contributed by atoms with van der Waals surface area (Å²) in [5.41, 5.74) is 0.503. The van der Waals surface area contributed by atoms with E-state index >= 15 is 0 Å². The lowest BCUT2D eigenvalue weighted by atomic mass is 10.1. The van der Waals surface area contributed by atoms with Crippen LogP contribution in [0.5, 0.6) is 5.75 Å². The Kier molecular flexibility index (Phi) is 5.92. The van der Waals surface area contributed by atoms with Gasteiger partial charge in [0.15, 0.2) is 6.10 Å². The zero-order valence-electron chi connectivity index (χ0n) is 13.1. The standard InChI is InChI=1S/C17H16BrNO5/c1-11(13-4-3-5-15(10-13)19(21)22)24-17(20)12(2)23-16-8-6-14(18)7-9-16/h3-12H,1-2H3/t11-,12+/m0/s1. The van der Waals surface area contributed by atoms with E-state index in [0.717, 1.165) is 4.47 Å². The van der Waals surface area contributed by atoms with Crippen molar-refractivity contribution < 1.29 is 19.2 Å². The van der Waals surface area contributed by atoms with Gasteiger partial charge in [0.2, 0.25) is 0 Å². The number of non-ortho nitro benzene ring substituents is 1. The third-order valence-corrected chi connectivity index (χ3v) is 3.83. The van der Waals surface area contributed by atoms with Gasteiger partial charge in [-0.15, -0.1) is 0 Å². The molecule has 126 valence electrons. The van der Waals surface area contributed by atoms with E-state index in [1.54, 1.807) is 50.2 Å². The van der Waals surface area contributed by atoms with E-state index in [9.17, 15) is 14.9 Å². The first-order valence-corrected chi connectivity index (χ1v) is 8.03. The van der Waals surface area contributed by atoms with Crippen LogP contribution in [0.25, 0.3) is 0 Å². The van der Waals surface area contributed by atoms with Gasteiger partial charge in [0.05, 0.1) is 4.92 Å². The second-order valence-corrected chi connectivity index (χ2v) is 6.06. The predicted octanol–water partition coefficient (Wildman–Crippen LogP) is 4.43. The topological polar surface area (TPSA) is 78.7 Å². The SMILES string of the molecule is C[C@H](OC(=O)[C@@H](C)Oc1ccc(Br)cc1)c1cccc([N+](=O)[O-])c1. The van der Waals surface area contributed by atoms with Crippen LogP contribution in [0.4, 0.5) is 5.69 Å². The molecule has 6 nitrogen and oxygen atoms in total. The molecule has 0 aliphatic heterocycles. The Morgan fingerprint density at radius 3 is 2.46 bits per heavy atom. The van der Waals surface area contributed by atoms with Crippen LogP contribution in [0.2, 0.25) is 0 Å². The number of halogens is 1. The van der Waals surface area contributed by atoms with E-state index in [1.807, 2.05) is 0 Å². The van der Waals surface area contributed by atoms with Crippen molar-refractivity contribution in [2.75, 3.05) is 0 Å². The number of hydrogen-bond acceptors (Lipinski definition) is 5. The number of esters is 1. The van der Waals surface area contributed by atoms with E-state index in [2.05, 4.69) is 15.9 Å². The first-order valence-electron chi connectivity index (χ1n) is 7.24. The first-order chi connectivity index (χ1) is 11.4. The molecule has 2 rings (SSSR count). The van der Waals surface area contributed by atoms with Gasteiger partial charge in [-0.2, -0.15) is 0 Å². The molecule has 2 aromatic rings. The van der Waals surface area contributed by atoms with Crippen LogP contribution in [0.1, 0.15) is 25.5 Å².